The number of Topliss-reactive ketones (excluding diaryl/α,β-unsaturated/α-hetero) is 1. The molecule has 0 radical (unpaired) electrons. The molecule has 2 aromatic rings. The van der Waals surface area contributed by atoms with Gasteiger partial charge >= 0.3 is 0 Å². The molecule has 0 unspecified atom stereocenters. The van der Waals surface area contributed by atoms with Crippen molar-refractivity contribution in [2.75, 3.05) is 0 Å². The van der Waals surface area contributed by atoms with E-state index in [0.29, 0.717) is 29.1 Å². The summed E-state index contributed by atoms with van der Waals surface area (Å²) in [6, 6.07) is 11.0. The standard InChI is InChI=1S/C19H19FO2/c1-12(2)18(21)17-14(4)16(20)10-13(3)19(17)22-11-15-8-6-5-7-9-15/h5-10H,1,11H2,2-4H3. The molecule has 0 saturated carbocycles. The van der Waals surface area contributed by atoms with Gasteiger partial charge in [0.25, 0.3) is 0 Å². The number of ketones is 1. The third-order valence-corrected chi connectivity index (χ3v) is 3.50. The fraction of sp³-hybridized carbons (Fsp3) is 0.211. The Hall–Kier alpha value is -2.42. The lowest BCUT2D eigenvalue weighted by Gasteiger charge is -2.16. The molecule has 0 aliphatic rings. The van der Waals surface area contributed by atoms with Gasteiger partial charge in [0.2, 0.25) is 0 Å². The Morgan fingerprint density at radius 1 is 1.23 bits per heavy atom. The maximum Gasteiger partial charge on any atom is 0.192 e. The van der Waals surface area contributed by atoms with Crippen LogP contribution in [0.15, 0.2) is 48.6 Å². The molecule has 2 nitrogen and oxygen atoms in total. The van der Waals surface area contributed by atoms with Crippen molar-refractivity contribution in [2.45, 2.75) is 27.4 Å². The van der Waals surface area contributed by atoms with Crippen LogP contribution in [-0.4, -0.2) is 5.78 Å². The zero-order valence-electron chi connectivity index (χ0n) is 13.1. The van der Waals surface area contributed by atoms with Crippen LogP contribution in [0, 0.1) is 19.7 Å². The maximum atomic E-state index is 14.0. The van der Waals surface area contributed by atoms with Crippen LogP contribution in [0.1, 0.15) is 34.0 Å². The van der Waals surface area contributed by atoms with E-state index in [9.17, 15) is 9.18 Å². The molecule has 0 atom stereocenters. The Balaban J connectivity index is 2.43. The van der Waals surface area contributed by atoms with E-state index in [0.717, 1.165) is 5.56 Å². The van der Waals surface area contributed by atoms with Crippen molar-refractivity contribution in [2.24, 2.45) is 0 Å². The average molecular weight is 298 g/mol. The molecular weight excluding hydrogens is 279 g/mol. The molecule has 0 aromatic heterocycles. The van der Waals surface area contributed by atoms with Crippen LogP contribution in [0.25, 0.3) is 0 Å². The van der Waals surface area contributed by atoms with Gasteiger partial charge in [0.1, 0.15) is 18.2 Å². The highest BCUT2D eigenvalue weighted by atomic mass is 19.1. The molecule has 2 aromatic carbocycles. The highest BCUT2D eigenvalue weighted by molar-refractivity contribution is 6.11. The number of hydrogen-bond acceptors (Lipinski definition) is 2. The van der Waals surface area contributed by atoms with Gasteiger partial charge in [-0.3, -0.25) is 4.79 Å². The topological polar surface area (TPSA) is 26.3 Å². The van der Waals surface area contributed by atoms with Crippen LogP contribution in [0.5, 0.6) is 5.75 Å². The van der Waals surface area contributed by atoms with Gasteiger partial charge in [-0.05, 0) is 49.1 Å². The van der Waals surface area contributed by atoms with Gasteiger partial charge in [0.15, 0.2) is 5.78 Å². The van der Waals surface area contributed by atoms with Gasteiger partial charge in [-0.25, -0.2) is 4.39 Å². The average Bonchev–Trinajstić information content (AvgIpc) is 2.49. The lowest BCUT2D eigenvalue weighted by Crippen LogP contribution is -2.10. The van der Waals surface area contributed by atoms with E-state index in [1.165, 1.54) is 6.07 Å². The molecule has 3 heteroatoms. The summed E-state index contributed by atoms with van der Waals surface area (Å²) in [6.07, 6.45) is 0. The number of rotatable bonds is 5. The SMILES string of the molecule is C=C(C)C(=O)c1c(C)c(F)cc(C)c1OCc1ccccc1. The number of carbonyl (C=O) groups excluding carboxylic acids is 1. The second kappa shape index (κ2) is 6.56. The minimum atomic E-state index is -0.408. The highest BCUT2D eigenvalue weighted by Crippen LogP contribution is 2.31. The van der Waals surface area contributed by atoms with Gasteiger partial charge in [0.05, 0.1) is 5.56 Å². The molecule has 2 rings (SSSR count). The number of benzene rings is 2. The van der Waals surface area contributed by atoms with Crippen molar-refractivity contribution in [3.63, 3.8) is 0 Å². The number of aryl methyl sites for hydroxylation is 1. The summed E-state index contributed by atoms with van der Waals surface area (Å²) < 4.78 is 19.8. The molecule has 22 heavy (non-hydrogen) atoms. The molecule has 0 bridgehead atoms. The minimum absolute atomic E-state index is 0.265. The van der Waals surface area contributed by atoms with Crippen LogP contribution in [0.2, 0.25) is 0 Å². The van der Waals surface area contributed by atoms with Gasteiger partial charge < -0.3 is 4.74 Å². The van der Waals surface area contributed by atoms with Crippen molar-refractivity contribution >= 4 is 5.78 Å². The highest BCUT2D eigenvalue weighted by Gasteiger charge is 2.21. The lowest BCUT2D eigenvalue weighted by atomic mass is 9.96. The van der Waals surface area contributed by atoms with E-state index in [1.807, 2.05) is 30.3 Å². The van der Waals surface area contributed by atoms with Gasteiger partial charge in [-0.15, -0.1) is 0 Å². The monoisotopic (exact) mass is 298 g/mol. The molecule has 0 aliphatic carbocycles. The molecule has 0 spiro atoms. The summed E-state index contributed by atoms with van der Waals surface area (Å²) in [5, 5.41) is 0. The van der Waals surface area contributed by atoms with Gasteiger partial charge in [0, 0.05) is 0 Å². The molecule has 0 fully saturated rings. The first-order chi connectivity index (χ1) is 10.4. The predicted octanol–water partition coefficient (Wildman–Crippen LogP) is 4.78. The van der Waals surface area contributed by atoms with Crippen LogP contribution in [0.3, 0.4) is 0 Å². The van der Waals surface area contributed by atoms with E-state index in [2.05, 4.69) is 6.58 Å². The first-order valence-electron chi connectivity index (χ1n) is 7.08. The zero-order valence-corrected chi connectivity index (χ0v) is 13.1. The predicted molar refractivity (Wildman–Crippen MR) is 85.8 cm³/mol. The van der Waals surface area contributed by atoms with Crippen molar-refractivity contribution < 1.29 is 13.9 Å². The lowest BCUT2D eigenvalue weighted by molar-refractivity contribution is 0.102. The first-order valence-corrected chi connectivity index (χ1v) is 7.08. The summed E-state index contributed by atoms with van der Waals surface area (Å²) in [7, 11) is 0. The van der Waals surface area contributed by atoms with E-state index < -0.39 is 5.82 Å². The molecule has 0 amide bonds. The minimum Gasteiger partial charge on any atom is -0.488 e. The molecular formula is C19H19FO2. The Bertz CT molecular complexity index is 718. The van der Waals surface area contributed by atoms with E-state index in [-0.39, 0.29) is 11.3 Å². The summed E-state index contributed by atoms with van der Waals surface area (Å²) in [5.74, 6) is -0.270. The first kappa shape index (κ1) is 16.0. The number of ether oxygens (including phenoxy) is 1. The summed E-state index contributed by atoms with van der Waals surface area (Å²) in [6.45, 7) is 8.92. The Labute approximate surface area is 130 Å². The maximum absolute atomic E-state index is 14.0. The third kappa shape index (κ3) is 3.25. The molecule has 0 heterocycles. The van der Waals surface area contributed by atoms with Crippen LogP contribution in [0.4, 0.5) is 4.39 Å². The fourth-order valence-electron chi connectivity index (χ4n) is 2.25. The number of halogens is 1. The van der Waals surface area contributed by atoms with E-state index >= 15 is 0 Å². The fourth-order valence-corrected chi connectivity index (χ4v) is 2.25. The molecule has 0 aliphatic heterocycles. The quantitative estimate of drug-likeness (QED) is 0.586. The summed E-state index contributed by atoms with van der Waals surface area (Å²) in [4.78, 5) is 12.4. The zero-order chi connectivity index (χ0) is 16.3. The molecule has 0 saturated heterocycles. The third-order valence-electron chi connectivity index (χ3n) is 3.50. The van der Waals surface area contributed by atoms with Crippen LogP contribution >= 0.6 is 0 Å². The Morgan fingerprint density at radius 3 is 2.45 bits per heavy atom. The van der Waals surface area contributed by atoms with E-state index in [1.54, 1.807) is 20.8 Å². The van der Waals surface area contributed by atoms with Crippen molar-refractivity contribution in [3.8, 4) is 5.75 Å². The van der Waals surface area contributed by atoms with Gasteiger partial charge in [-0.2, -0.15) is 0 Å². The number of hydrogen-bond donors (Lipinski definition) is 0. The second-order valence-electron chi connectivity index (χ2n) is 5.39. The van der Waals surface area contributed by atoms with Gasteiger partial charge in [-0.1, -0.05) is 36.9 Å². The largest absolute Gasteiger partial charge is 0.488 e. The summed E-state index contributed by atoms with van der Waals surface area (Å²) in [5.41, 5.74) is 2.50. The smallest absolute Gasteiger partial charge is 0.192 e. The number of allylic oxidation sites excluding steroid dienone is 1. The number of carbonyl (C=O) groups is 1. The second-order valence-corrected chi connectivity index (χ2v) is 5.39. The van der Waals surface area contributed by atoms with Crippen molar-refractivity contribution in [1.82, 2.24) is 0 Å². The van der Waals surface area contributed by atoms with Crippen LogP contribution in [-0.2, 0) is 6.61 Å². The Kier molecular flexibility index (Phi) is 4.76. The van der Waals surface area contributed by atoms with Crippen molar-refractivity contribution in [3.05, 3.63) is 76.6 Å². The normalized spacial score (nSPS) is 10.4. The Morgan fingerprint density at radius 2 is 1.86 bits per heavy atom. The molecule has 114 valence electrons. The van der Waals surface area contributed by atoms with E-state index in [4.69, 9.17) is 4.74 Å². The molecule has 0 N–H and O–H groups in total. The summed E-state index contributed by atoms with van der Waals surface area (Å²) >= 11 is 0. The van der Waals surface area contributed by atoms with Crippen LogP contribution < -0.4 is 4.74 Å². The van der Waals surface area contributed by atoms with Crippen molar-refractivity contribution in [1.29, 1.82) is 0 Å².